The summed E-state index contributed by atoms with van der Waals surface area (Å²) in [6, 6.07) is 5.00. The molecule has 0 saturated heterocycles. The normalized spacial score (nSPS) is 10.3. The number of thiazole rings is 1. The lowest BCUT2D eigenvalue weighted by molar-refractivity contribution is -0.151. The Morgan fingerprint density at radius 1 is 1.33 bits per heavy atom. The van der Waals surface area contributed by atoms with E-state index in [1.54, 1.807) is 23.7 Å². The van der Waals surface area contributed by atoms with Gasteiger partial charge in [0.15, 0.2) is 5.78 Å². The second kappa shape index (κ2) is 5.05. The molecule has 0 spiro atoms. The molecular formula is C12H9NO4S. The number of ether oxygens (including phenoxy) is 1. The average molecular weight is 263 g/mol. The van der Waals surface area contributed by atoms with E-state index in [4.69, 9.17) is 0 Å². The number of methoxy groups -OCH3 is 1. The first kappa shape index (κ1) is 12.4. The predicted octanol–water partition coefficient (Wildman–Crippen LogP) is 1.61. The molecule has 2 rings (SSSR count). The van der Waals surface area contributed by atoms with Gasteiger partial charge >= 0.3 is 5.97 Å². The third kappa shape index (κ3) is 2.43. The SMILES string of the molecule is COC(=O)C(=O)CC(=O)c1ccc2scnc2c1. The van der Waals surface area contributed by atoms with E-state index < -0.39 is 24.0 Å². The van der Waals surface area contributed by atoms with Gasteiger partial charge in [-0.2, -0.15) is 0 Å². The number of ketones is 2. The summed E-state index contributed by atoms with van der Waals surface area (Å²) < 4.78 is 5.22. The number of aromatic nitrogens is 1. The molecule has 0 saturated carbocycles. The van der Waals surface area contributed by atoms with Crippen LogP contribution in [0.4, 0.5) is 0 Å². The van der Waals surface area contributed by atoms with Gasteiger partial charge in [-0.25, -0.2) is 9.78 Å². The maximum Gasteiger partial charge on any atom is 0.374 e. The van der Waals surface area contributed by atoms with Crippen molar-refractivity contribution in [1.29, 1.82) is 0 Å². The van der Waals surface area contributed by atoms with Crippen molar-refractivity contribution in [1.82, 2.24) is 4.98 Å². The molecule has 0 N–H and O–H groups in total. The minimum atomic E-state index is -1.00. The number of carbonyl (C=O) groups is 3. The van der Waals surface area contributed by atoms with E-state index in [2.05, 4.69) is 9.72 Å². The third-order valence-corrected chi connectivity index (χ3v) is 3.20. The molecule has 1 aromatic heterocycles. The first-order chi connectivity index (χ1) is 8.61. The maximum absolute atomic E-state index is 11.8. The minimum absolute atomic E-state index is 0.366. The van der Waals surface area contributed by atoms with Gasteiger partial charge in [0, 0.05) is 5.56 Å². The molecule has 92 valence electrons. The fourth-order valence-electron chi connectivity index (χ4n) is 1.47. The summed E-state index contributed by atoms with van der Waals surface area (Å²) in [5.41, 5.74) is 2.75. The lowest BCUT2D eigenvalue weighted by atomic mass is 10.1. The molecule has 6 heteroatoms. The molecule has 0 aliphatic carbocycles. The highest BCUT2D eigenvalue weighted by molar-refractivity contribution is 7.16. The standard InChI is InChI=1S/C12H9NO4S/c1-17-12(16)10(15)5-9(14)7-2-3-11-8(4-7)13-6-18-11/h2-4,6H,5H2,1H3. The highest BCUT2D eigenvalue weighted by Crippen LogP contribution is 2.19. The summed E-state index contributed by atoms with van der Waals surface area (Å²) in [6.45, 7) is 0. The predicted molar refractivity (Wildman–Crippen MR) is 65.6 cm³/mol. The van der Waals surface area contributed by atoms with Crippen molar-refractivity contribution in [2.24, 2.45) is 0 Å². The Labute approximate surface area is 106 Å². The number of hydrogen-bond donors (Lipinski definition) is 0. The number of benzene rings is 1. The van der Waals surface area contributed by atoms with Crippen molar-refractivity contribution in [2.75, 3.05) is 7.11 Å². The van der Waals surface area contributed by atoms with Crippen LogP contribution in [0.1, 0.15) is 16.8 Å². The van der Waals surface area contributed by atoms with Gasteiger partial charge in [-0.05, 0) is 18.2 Å². The van der Waals surface area contributed by atoms with E-state index in [1.165, 1.54) is 11.3 Å². The van der Waals surface area contributed by atoms with E-state index in [0.29, 0.717) is 11.1 Å². The number of nitrogens with zero attached hydrogens (tertiary/aromatic N) is 1. The zero-order chi connectivity index (χ0) is 13.1. The Hall–Kier alpha value is -2.08. The monoisotopic (exact) mass is 263 g/mol. The third-order valence-electron chi connectivity index (χ3n) is 2.39. The van der Waals surface area contributed by atoms with Gasteiger partial charge in [-0.3, -0.25) is 9.59 Å². The van der Waals surface area contributed by atoms with E-state index in [9.17, 15) is 14.4 Å². The van der Waals surface area contributed by atoms with Crippen LogP contribution in [-0.4, -0.2) is 29.6 Å². The highest BCUT2D eigenvalue weighted by Gasteiger charge is 2.19. The van der Waals surface area contributed by atoms with Gasteiger partial charge in [0.2, 0.25) is 5.78 Å². The van der Waals surface area contributed by atoms with Crippen LogP contribution < -0.4 is 0 Å². The summed E-state index contributed by atoms with van der Waals surface area (Å²) in [7, 11) is 1.10. The van der Waals surface area contributed by atoms with Crippen molar-refractivity contribution in [3.8, 4) is 0 Å². The number of fused-ring (bicyclic) bond motifs is 1. The van der Waals surface area contributed by atoms with E-state index >= 15 is 0 Å². The number of rotatable bonds is 4. The summed E-state index contributed by atoms with van der Waals surface area (Å²) in [4.78, 5) is 38.0. The summed E-state index contributed by atoms with van der Waals surface area (Å²) >= 11 is 1.47. The van der Waals surface area contributed by atoms with Crippen LogP contribution in [0.2, 0.25) is 0 Å². The molecule has 1 aromatic carbocycles. The zero-order valence-electron chi connectivity index (χ0n) is 9.50. The van der Waals surface area contributed by atoms with Crippen LogP contribution in [0, 0.1) is 0 Å². The Morgan fingerprint density at radius 3 is 2.83 bits per heavy atom. The van der Waals surface area contributed by atoms with Crippen LogP contribution >= 0.6 is 11.3 Å². The van der Waals surface area contributed by atoms with Crippen LogP contribution in [0.25, 0.3) is 10.2 Å². The van der Waals surface area contributed by atoms with Crippen molar-refractivity contribution >= 4 is 39.1 Å². The molecule has 2 aromatic rings. The first-order valence-electron chi connectivity index (χ1n) is 5.09. The van der Waals surface area contributed by atoms with Crippen molar-refractivity contribution in [3.63, 3.8) is 0 Å². The fraction of sp³-hybridized carbons (Fsp3) is 0.167. The van der Waals surface area contributed by atoms with Crippen molar-refractivity contribution in [3.05, 3.63) is 29.3 Å². The summed E-state index contributed by atoms with van der Waals surface area (Å²) in [5, 5.41) is 0. The molecule has 0 amide bonds. The molecule has 0 bridgehead atoms. The Balaban J connectivity index is 2.18. The lowest BCUT2D eigenvalue weighted by Gasteiger charge is -2.00. The van der Waals surface area contributed by atoms with Crippen LogP contribution in [0.3, 0.4) is 0 Å². The number of hydrogen-bond acceptors (Lipinski definition) is 6. The van der Waals surface area contributed by atoms with Gasteiger partial charge in [0.25, 0.3) is 0 Å². The Bertz CT molecular complexity index is 632. The van der Waals surface area contributed by atoms with E-state index in [-0.39, 0.29) is 0 Å². The van der Waals surface area contributed by atoms with Crippen LogP contribution in [-0.2, 0) is 14.3 Å². The second-order valence-electron chi connectivity index (χ2n) is 3.55. The molecule has 0 aliphatic rings. The molecule has 0 atom stereocenters. The smallest absolute Gasteiger partial charge is 0.374 e. The zero-order valence-corrected chi connectivity index (χ0v) is 10.3. The largest absolute Gasteiger partial charge is 0.463 e. The Kier molecular flexibility index (Phi) is 3.47. The summed E-state index contributed by atoms with van der Waals surface area (Å²) in [6.07, 6.45) is -0.484. The highest BCUT2D eigenvalue weighted by atomic mass is 32.1. The van der Waals surface area contributed by atoms with E-state index in [0.717, 1.165) is 11.8 Å². The van der Waals surface area contributed by atoms with Gasteiger partial charge < -0.3 is 4.74 Å². The number of carbonyl (C=O) groups excluding carboxylic acids is 3. The molecule has 5 nitrogen and oxygen atoms in total. The first-order valence-corrected chi connectivity index (χ1v) is 5.97. The van der Waals surface area contributed by atoms with Crippen molar-refractivity contribution < 1.29 is 19.1 Å². The fourth-order valence-corrected chi connectivity index (χ4v) is 2.12. The van der Waals surface area contributed by atoms with Gasteiger partial charge in [-0.15, -0.1) is 11.3 Å². The lowest BCUT2D eigenvalue weighted by Crippen LogP contribution is -2.19. The number of Topliss-reactive ketones (excluding diaryl/α,β-unsaturated/α-hetero) is 2. The topological polar surface area (TPSA) is 73.3 Å². The van der Waals surface area contributed by atoms with E-state index in [1.807, 2.05) is 0 Å². The summed E-state index contributed by atoms with van der Waals surface area (Å²) in [5.74, 6) is -2.26. The van der Waals surface area contributed by atoms with Crippen LogP contribution in [0.15, 0.2) is 23.7 Å². The number of esters is 1. The molecule has 0 fully saturated rings. The molecule has 0 radical (unpaired) electrons. The molecule has 0 unspecified atom stereocenters. The molecule has 18 heavy (non-hydrogen) atoms. The van der Waals surface area contributed by atoms with Gasteiger partial charge in [0.1, 0.15) is 0 Å². The van der Waals surface area contributed by atoms with Gasteiger partial charge in [0.05, 0.1) is 29.3 Å². The molecule has 0 aliphatic heterocycles. The molecular weight excluding hydrogens is 254 g/mol. The Morgan fingerprint density at radius 2 is 2.11 bits per heavy atom. The van der Waals surface area contributed by atoms with Gasteiger partial charge in [-0.1, -0.05) is 0 Å². The minimum Gasteiger partial charge on any atom is -0.463 e. The average Bonchev–Trinajstić information content (AvgIpc) is 2.84. The second-order valence-corrected chi connectivity index (χ2v) is 4.44. The molecule has 1 heterocycles. The maximum atomic E-state index is 11.8. The quantitative estimate of drug-likeness (QED) is 0.362. The van der Waals surface area contributed by atoms with Crippen LogP contribution in [0.5, 0.6) is 0 Å². The van der Waals surface area contributed by atoms with Crippen molar-refractivity contribution in [2.45, 2.75) is 6.42 Å².